The lowest BCUT2D eigenvalue weighted by Crippen LogP contribution is -2.45. The number of esters is 1. The smallest absolute Gasteiger partial charge is 0.312 e. The molecule has 0 spiro atoms. The van der Waals surface area contributed by atoms with Crippen molar-refractivity contribution in [1.29, 1.82) is 0 Å². The van der Waals surface area contributed by atoms with Gasteiger partial charge < -0.3 is 10.1 Å². The van der Waals surface area contributed by atoms with Crippen molar-refractivity contribution in [2.75, 3.05) is 13.1 Å². The number of allylic oxidation sites excluding steroid dienone is 1. The largest absolute Gasteiger partial charge is 0.459 e. The van der Waals surface area contributed by atoms with Crippen molar-refractivity contribution in [1.82, 2.24) is 5.32 Å². The van der Waals surface area contributed by atoms with Crippen LogP contribution in [0, 0.1) is 11.3 Å². The second-order valence-electron chi connectivity index (χ2n) is 6.39. The molecule has 0 aromatic carbocycles. The minimum absolute atomic E-state index is 0.120. The topological polar surface area (TPSA) is 38.3 Å². The van der Waals surface area contributed by atoms with Gasteiger partial charge in [0.25, 0.3) is 0 Å². The van der Waals surface area contributed by atoms with Crippen molar-refractivity contribution in [3.05, 3.63) is 12.7 Å². The zero-order chi connectivity index (χ0) is 13.8. The second-order valence-corrected chi connectivity index (χ2v) is 6.39. The van der Waals surface area contributed by atoms with Gasteiger partial charge in [-0.05, 0) is 60.0 Å². The third kappa shape index (κ3) is 3.84. The molecule has 0 unspecified atom stereocenters. The number of piperidine rings is 1. The quantitative estimate of drug-likeness (QED) is 0.605. The minimum Gasteiger partial charge on any atom is -0.459 e. The van der Waals surface area contributed by atoms with Gasteiger partial charge in [0.2, 0.25) is 0 Å². The minimum atomic E-state index is -0.480. The predicted molar refractivity (Wildman–Crippen MR) is 74.4 cm³/mol. The molecule has 1 aliphatic heterocycles. The Morgan fingerprint density at radius 3 is 2.39 bits per heavy atom. The molecule has 1 saturated heterocycles. The summed E-state index contributed by atoms with van der Waals surface area (Å²) in [6.07, 6.45) is 4.57. The maximum absolute atomic E-state index is 12.2. The van der Waals surface area contributed by atoms with Crippen molar-refractivity contribution >= 4 is 5.97 Å². The lowest BCUT2D eigenvalue weighted by molar-refractivity contribution is -0.173. The second kappa shape index (κ2) is 5.87. The van der Waals surface area contributed by atoms with Crippen LogP contribution in [-0.2, 0) is 9.53 Å². The van der Waals surface area contributed by atoms with Crippen LogP contribution in [0.4, 0.5) is 0 Å². The molecule has 0 aromatic heterocycles. The Morgan fingerprint density at radius 2 is 1.89 bits per heavy atom. The van der Waals surface area contributed by atoms with Gasteiger partial charge >= 0.3 is 5.97 Å². The molecule has 0 radical (unpaired) electrons. The average Bonchev–Trinajstić information content (AvgIpc) is 2.29. The number of carbonyl (C=O) groups excluding carboxylic acids is 1. The fourth-order valence-corrected chi connectivity index (χ4v) is 2.42. The summed E-state index contributed by atoms with van der Waals surface area (Å²) in [7, 11) is 0. The van der Waals surface area contributed by atoms with Crippen molar-refractivity contribution in [3.63, 3.8) is 0 Å². The van der Waals surface area contributed by atoms with Gasteiger partial charge in [-0.25, -0.2) is 0 Å². The van der Waals surface area contributed by atoms with Crippen molar-refractivity contribution in [3.8, 4) is 0 Å². The van der Waals surface area contributed by atoms with Crippen LogP contribution in [0.2, 0.25) is 0 Å². The van der Waals surface area contributed by atoms with Gasteiger partial charge in [-0.15, -0.1) is 6.58 Å². The van der Waals surface area contributed by atoms with Crippen LogP contribution in [0.1, 0.15) is 47.0 Å². The molecule has 0 atom stereocenters. The highest BCUT2D eigenvalue weighted by Crippen LogP contribution is 2.32. The molecule has 3 heteroatoms. The summed E-state index contributed by atoms with van der Waals surface area (Å²) in [6, 6.07) is 0. The molecule has 1 aliphatic rings. The molecule has 3 nitrogen and oxygen atoms in total. The van der Waals surface area contributed by atoms with Gasteiger partial charge in [-0.1, -0.05) is 6.08 Å². The average molecular weight is 253 g/mol. The van der Waals surface area contributed by atoms with Crippen molar-refractivity contribution in [2.45, 2.75) is 52.6 Å². The SMILES string of the molecule is C=CCC(C)(C)C(=O)OC(C)(C)C1CCNCC1. The van der Waals surface area contributed by atoms with E-state index < -0.39 is 5.41 Å². The predicted octanol–water partition coefficient (Wildman–Crippen LogP) is 2.91. The van der Waals surface area contributed by atoms with Crippen LogP contribution < -0.4 is 5.32 Å². The van der Waals surface area contributed by atoms with Gasteiger partial charge in [0, 0.05) is 5.92 Å². The molecule has 1 fully saturated rings. The van der Waals surface area contributed by atoms with Crippen LogP contribution in [-0.4, -0.2) is 24.7 Å². The zero-order valence-electron chi connectivity index (χ0n) is 12.2. The molecule has 1 rings (SSSR count). The van der Waals surface area contributed by atoms with E-state index in [-0.39, 0.29) is 11.6 Å². The highest BCUT2D eigenvalue weighted by atomic mass is 16.6. The molecular weight excluding hydrogens is 226 g/mol. The van der Waals surface area contributed by atoms with Gasteiger partial charge in [-0.2, -0.15) is 0 Å². The Balaban J connectivity index is 2.63. The van der Waals surface area contributed by atoms with Gasteiger partial charge in [-0.3, -0.25) is 4.79 Å². The van der Waals surface area contributed by atoms with E-state index in [9.17, 15) is 4.79 Å². The molecule has 104 valence electrons. The third-order valence-electron chi connectivity index (χ3n) is 3.89. The number of hydrogen-bond acceptors (Lipinski definition) is 3. The summed E-state index contributed by atoms with van der Waals surface area (Å²) in [4.78, 5) is 12.2. The molecule has 0 saturated carbocycles. The molecular formula is C15H27NO2. The van der Waals surface area contributed by atoms with E-state index in [0.717, 1.165) is 25.9 Å². The van der Waals surface area contributed by atoms with E-state index in [0.29, 0.717) is 12.3 Å². The normalized spacial score (nSPS) is 18.4. The van der Waals surface area contributed by atoms with Crippen LogP contribution in [0.3, 0.4) is 0 Å². The Morgan fingerprint density at radius 1 is 1.33 bits per heavy atom. The third-order valence-corrected chi connectivity index (χ3v) is 3.89. The highest BCUT2D eigenvalue weighted by molar-refractivity contribution is 5.76. The summed E-state index contributed by atoms with van der Waals surface area (Å²) in [5, 5.41) is 3.34. The number of nitrogens with one attached hydrogen (secondary N) is 1. The van der Waals surface area contributed by atoms with Crippen LogP contribution in [0.5, 0.6) is 0 Å². The van der Waals surface area contributed by atoms with E-state index >= 15 is 0 Å². The maximum Gasteiger partial charge on any atom is 0.312 e. The zero-order valence-corrected chi connectivity index (χ0v) is 12.2. The Kier molecular flexibility index (Phi) is 4.97. The van der Waals surface area contributed by atoms with E-state index in [2.05, 4.69) is 11.9 Å². The van der Waals surface area contributed by atoms with Crippen LogP contribution in [0.15, 0.2) is 12.7 Å². The summed E-state index contributed by atoms with van der Waals surface area (Å²) in [5.41, 5.74) is -0.858. The van der Waals surface area contributed by atoms with Gasteiger partial charge in [0.1, 0.15) is 5.60 Å². The molecule has 18 heavy (non-hydrogen) atoms. The maximum atomic E-state index is 12.2. The fraction of sp³-hybridized carbons (Fsp3) is 0.800. The number of hydrogen-bond donors (Lipinski definition) is 1. The number of ether oxygens (including phenoxy) is 1. The Bertz CT molecular complexity index is 302. The standard InChI is InChI=1S/C15H27NO2/c1-6-9-14(2,3)13(17)18-15(4,5)12-7-10-16-11-8-12/h6,12,16H,1,7-11H2,2-5H3. The molecule has 1 heterocycles. The van der Waals surface area contributed by atoms with E-state index in [1.165, 1.54) is 0 Å². The molecule has 0 aromatic rings. The first-order valence-electron chi connectivity index (χ1n) is 6.84. The van der Waals surface area contributed by atoms with E-state index in [4.69, 9.17) is 4.74 Å². The number of carbonyl (C=O) groups is 1. The molecule has 0 bridgehead atoms. The van der Waals surface area contributed by atoms with Crippen molar-refractivity contribution in [2.24, 2.45) is 11.3 Å². The fourth-order valence-electron chi connectivity index (χ4n) is 2.42. The summed E-state index contributed by atoms with van der Waals surface area (Å²) < 4.78 is 5.78. The molecule has 1 N–H and O–H groups in total. The molecule has 0 aliphatic carbocycles. The first kappa shape index (κ1) is 15.2. The van der Waals surface area contributed by atoms with E-state index in [1.54, 1.807) is 6.08 Å². The first-order chi connectivity index (χ1) is 8.29. The summed E-state index contributed by atoms with van der Waals surface area (Å²) in [6.45, 7) is 13.6. The van der Waals surface area contributed by atoms with Crippen LogP contribution in [0.25, 0.3) is 0 Å². The lowest BCUT2D eigenvalue weighted by Gasteiger charge is -2.38. The monoisotopic (exact) mass is 253 g/mol. The number of rotatable bonds is 5. The van der Waals surface area contributed by atoms with Crippen LogP contribution >= 0.6 is 0 Å². The Hall–Kier alpha value is -0.830. The van der Waals surface area contributed by atoms with Gasteiger partial charge in [0.15, 0.2) is 0 Å². The lowest BCUT2D eigenvalue weighted by atomic mass is 9.82. The Labute approximate surface area is 111 Å². The first-order valence-corrected chi connectivity index (χ1v) is 6.84. The van der Waals surface area contributed by atoms with Gasteiger partial charge in [0.05, 0.1) is 5.41 Å². The molecule has 0 amide bonds. The summed E-state index contributed by atoms with van der Waals surface area (Å²) >= 11 is 0. The van der Waals surface area contributed by atoms with Crippen molar-refractivity contribution < 1.29 is 9.53 Å². The van der Waals surface area contributed by atoms with E-state index in [1.807, 2.05) is 27.7 Å². The summed E-state index contributed by atoms with van der Waals surface area (Å²) in [5.74, 6) is 0.327. The highest BCUT2D eigenvalue weighted by Gasteiger charge is 2.38.